The van der Waals surface area contributed by atoms with Gasteiger partial charge in [0.05, 0.1) is 10.5 Å². The largest absolute Gasteiger partial charge is 0.508 e. The van der Waals surface area contributed by atoms with E-state index in [2.05, 4.69) is 0 Å². The molecule has 0 amide bonds. The number of carbonyl (C=O) groups is 1. The van der Waals surface area contributed by atoms with Gasteiger partial charge in [0.15, 0.2) is 0 Å². The van der Waals surface area contributed by atoms with Crippen molar-refractivity contribution in [3.63, 3.8) is 0 Å². The van der Waals surface area contributed by atoms with Gasteiger partial charge in [-0.25, -0.2) is 9.18 Å². The van der Waals surface area contributed by atoms with Crippen LogP contribution in [-0.2, 0) is 0 Å². The summed E-state index contributed by atoms with van der Waals surface area (Å²) in [5.74, 6) is -2.20. The molecule has 0 atom stereocenters. The molecule has 3 rings (SSSR count). The number of hydrogen-bond donors (Lipinski definition) is 2. The van der Waals surface area contributed by atoms with Crippen LogP contribution in [0.15, 0.2) is 47.4 Å². The van der Waals surface area contributed by atoms with Gasteiger partial charge in [0.2, 0.25) is 5.43 Å². The maximum Gasteiger partial charge on any atom is 0.341 e. The zero-order chi connectivity index (χ0) is 16.7. The van der Waals surface area contributed by atoms with Crippen LogP contribution in [0, 0.1) is 5.82 Å². The monoisotopic (exact) mass is 333 g/mol. The lowest BCUT2D eigenvalue weighted by Crippen LogP contribution is -2.18. The van der Waals surface area contributed by atoms with E-state index in [9.17, 15) is 24.2 Å². The SMILES string of the molecule is O=C(O)c1cn(-c2ccc(O)cc2)c2cc(Cl)c(F)cc2c1=O. The highest BCUT2D eigenvalue weighted by Crippen LogP contribution is 2.25. The van der Waals surface area contributed by atoms with Crippen LogP contribution in [0.5, 0.6) is 5.75 Å². The number of benzene rings is 2. The second-order valence-corrected chi connectivity index (χ2v) is 5.25. The van der Waals surface area contributed by atoms with E-state index in [4.69, 9.17) is 11.6 Å². The second-order valence-electron chi connectivity index (χ2n) is 4.85. The van der Waals surface area contributed by atoms with Gasteiger partial charge in [0, 0.05) is 17.3 Å². The van der Waals surface area contributed by atoms with Crippen LogP contribution in [0.25, 0.3) is 16.6 Å². The molecule has 0 fully saturated rings. The number of aromatic nitrogens is 1. The topological polar surface area (TPSA) is 79.5 Å². The van der Waals surface area contributed by atoms with Crippen molar-refractivity contribution in [2.45, 2.75) is 0 Å². The van der Waals surface area contributed by atoms with E-state index in [-0.39, 0.29) is 21.7 Å². The van der Waals surface area contributed by atoms with Crippen LogP contribution in [0.1, 0.15) is 10.4 Å². The van der Waals surface area contributed by atoms with E-state index in [1.165, 1.54) is 34.9 Å². The molecule has 0 saturated heterocycles. The summed E-state index contributed by atoms with van der Waals surface area (Å²) in [6, 6.07) is 8.05. The summed E-state index contributed by atoms with van der Waals surface area (Å²) < 4.78 is 15.1. The first-order valence-corrected chi connectivity index (χ1v) is 6.83. The Morgan fingerprint density at radius 2 is 1.83 bits per heavy atom. The Bertz CT molecular complexity index is 996. The molecular formula is C16H9ClFNO4. The average Bonchev–Trinajstić information content (AvgIpc) is 2.50. The van der Waals surface area contributed by atoms with E-state index in [1.54, 1.807) is 0 Å². The standard InChI is InChI=1S/C16H9ClFNO4/c17-12-6-14-10(5-13(12)18)15(21)11(16(22)23)7-19(14)8-1-3-9(20)4-2-8/h1-7,20H,(H,22,23). The number of aromatic carboxylic acids is 1. The maximum absolute atomic E-state index is 13.7. The highest BCUT2D eigenvalue weighted by Gasteiger charge is 2.17. The number of phenolic OH excluding ortho intramolecular Hbond substituents is 1. The van der Waals surface area contributed by atoms with Crippen LogP contribution in [0.3, 0.4) is 0 Å². The minimum atomic E-state index is -1.42. The van der Waals surface area contributed by atoms with Crippen molar-refractivity contribution in [3.8, 4) is 11.4 Å². The van der Waals surface area contributed by atoms with Crippen LogP contribution < -0.4 is 5.43 Å². The number of halogens is 2. The van der Waals surface area contributed by atoms with Gasteiger partial charge in [0.25, 0.3) is 0 Å². The summed E-state index contributed by atoms with van der Waals surface area (Å²) in [5, 5.41) is 18.3. The number of hydrogen-bond acceptors (Lipinski definition) is 3. The molecule has 2 aromatic carbocycles. The number of aromatic hydroxyl groups is 1. The third kappa shape index (κ3) is 2.53. The van der Waals surface area contributed by atoms with Gasteiger partial charge in [0.1, 0.15) is 17.1 Å². The molecule has 5 nitrogen and oxygen atoms in total. The molecule has 0 aliphatic rings. The average molecular weight is 334 g/mol. The molecule has 1 aromatic heterocycles. The fraction of sp³-hybridized carbons (Fsp3) is 0. The van der Waals surface area contributed by atoms with Crippen molar-refractivity contribution in [1.29, 1.82) is 0 Å². The number of pyridine rings is 1. The normalized spacial score (nSPS) is 10.9. The van der Waals surface area contributed by atoms with Crippen LogP contribution in [0.4, 0.5) is 4.39 Å². The molecule has 0 aliphatic heterocycles. The van der Waals surface area contributed by atoms with E-state index < -0.39 is 22.8 Å². The maximum atomic E-state index is 13.7. The van der Waals surface area contributed by atoms with Gasteiger partial charge >= 0.3 is 5.97 Å². The van der Waals surface area contributed by atoms with E-state index >= 15 is 0 Å². The number of rotatable bonds is 2. The predicted octanol–water partition coefficient (Wildman–Crippen LogP) is 3.19. The van der Waals surface area contributed by atoms with Gasteiger partial charge in [-0.3, -0.25) is 4.79 Å². The third-order valence-electron chi connectivity index (χ3n) is 3.40. The fourth-order valence-electron chi connectivity index (χ4n) is 2.30. The van der Waals surface area contributed by atoms with E-state index in [0.717, 1.165) is 12.3 Å². The molecule has 23 heavy (non-hydrogen) atoms. The number of phenols is 1. The number of carboxylic acid groups (broad SMARTS) is 1. The molecule has 7 heteroatoms. The number of fused-ring (bicyclic) bond motifs is 1. The Kier molecular flexibility index (Phi) is 3.54. The van der Waals surface area contributed by atoms with Crippen molar-refractivity contribution in [1.82, 2.24) is 4.57 Å². The number of carboxylic acids is 1. The first-order valence-electron chi connectivity index (χ1n) is 6.45. The Morgan fingerprint density at radius 3 is 2.43 bits per heavy atom. The Labute approximate surface area is 133 Å². The minimum absolute atomic E-state index is 0.0293. The lowest BCUT2D eigenvalue weighted by molar-refractivity contribution is 0.0695. The van der Waals surface area contributed by atoms with Crippen LogP contribution in [-0.4, -0.2) is 20.7 Å². The summed E-state index contributed by atoms with van der Waals surface area (Å²) in [6.45, 7) is 0. The van der Waals surface area contributed by atoms with Gasteiger partial charge in [-0.05, 0) is 36.4 Å². The van der Waals surface area contributed by atoms with Crippen molar-refractivity contribution in [2.24, 2.45) is 0 Å². The van der Waals surface area contributed by atoms with Gasteiger partial charge in [-0.2, -0.15) is 0 Å². The van der Waals surface area contributed by atoms with E-state index in [0.29, 0.717) is 5.69 Å². The molecule has 116 valence electrons. The Morgan fingerprint density at radius 1 is 1.17 bits per heavy atom. The van der Waals surface area contributed by atoms with Crippen molar-refractivity contribution in [2.75, 3.05) is 0 Å². The smallest absolute Gasteiger partial charge is 0.341 e. The van der Waals surface area contributed by atoms with Crippen LogP contribution in [0.2, 0.25) is 5.02 Å². The summed E-state index contributed by atoms with van der Waals surface area (Å²) in [4.78, 5) is 23.5. The molecule has 3 aromatic rings. The third-order valence-corrected chi connectivity index (χ3v) is 3.69. The molecule has 1 heterocycles. The zero-order valence-electron chi connectivity index (χ0n) is 11.5. The Balaban J connectivity index is 2.46. The minimum Gasteiger partial charge on any atom is -0.508 e. The van der Waals surface area contributed by atoms with Gasteiger partial charge < -0.3 is 14.8 Å². The lowest BCUT2D eigenvalue weighted by Gasteiger charge is -2.13. The first-order chi connectivity index (χ1) is 10.9. The summed E-state index contributed by atoms with van der Waals surface area (Å²) in [5.41, 5.74) is -0.541. The van der Waals surface area contributed by atoms with E-state index in [1.807, 2.05) is 0 Å². The van der Waals surface area contributed by atoms with Gasteiger partial charge in [-0.15, -0.1) is 0 Å². The highest BCUT2D eigenvalue weighted by atomic mass is 35.5. The Hall–Kier alpha value is -2.86. The molecule has 0 saturated carbocycles. The van der Waals surface area contributed by atoms with Crippen molar-refractivity contribution < 1.29 is 19.4 Å². The second kappa shape index (κ2) is 5.40. The van der Waals surface area contributed by atoms with Crippen molar-refractivity contribution >= 4 is 28.5 Å². The highest BCUT2D eigenvalue weighted by molar-refractivity contribution is 6.31. The molecule has 2 N–H and O–H groups in total. The molecule has 0 spiro atoms. The summed E-state index contributed by atoms with van der Waals surface area (Å²) in [7, 11) is 0. The van der Waals surface area contributed by atoms with Crippen molar-refractivity contribution in [3.05, 3.63) is 69.2 Å². The summed E-state index contributed by atoms with van der Waals surface area (Å²) >= 11 is 5.78. The summed E-state index contributed by atoms with van der Waals surface area (Å²) in [6.07, 6.45) is 1.15. The first kappa shape index (κ1) is 15.1. The predicted molar refractivity (Wildman–Crippen MR) is 83.1 cm³/mol. The molecule has 0 radical (unpaired) electrons. The quantitative estimate of drug-likeness (QED) is 0.755. The molecule has 0 unspecified atom stereocenters. The molecular weight excluding hydrogens is 325 g/mol. The molecule has 0 aliphatic carbocycles. The number of nitrogens with zero attached hydrogens (tertiary/aromatic N) is 1. The van der Waals surface area contributed by atoms with Gasteiger partial charge in [-0.1, -0.05) is 11.6 Å². The molecule has 0 bridgehead atoms. The zero-order valence-corrected chi connectivity index (χ0v) is 12.2. The van der Waals surface area contributed by atoms with Crippen LogP contribution >= 0.6 is 11.6 Å². The lowest BCUT2D eigenvalue weighted by atomic mass is 10.1. The fourth-order valence-corrected chi connectivity index (χ4v) is 2.46.